The van der Waals surface area contributed by atoms with Crippen molar-refractivity contribution >= 4 is 5.91 Å². The summed E-state index contributed by atoms with van der Waals surface area (Å²) in [6.45, 7) is 2.61. The van der Waals surface area contributed by atoms with Crippen molar-refractivity contribution in [1.82, 2.24) is 19.4 Å². The van der Waals surface area contributed by atoms with Crippen LogP contribution in [0.2, 0.25) is 0 Å². The first-order valence-electron chi connectivity index (χ1n) is 9.89. The van der Waals surface area contributed by atoms with Gasteiger partial charge >= 0.3 is 0 Å². The number of hydrogen-bond acceptors (Lipinski definition) is 6. The zero-order valence-corrected chi connectivity index (χ0v) is 17.1. The van der Waals surface area contributed by atoms with Crippen LogP contribution in [0.5, 0.6) is 0 Å². The Bertz CT molecular complexity index is 1150. The van der Waals surface area contributed by atoms with Gasteiger partial charge in [0, 0.05) is 12.7 Å². The van der Waals surface area contributed by atoms with E-state index in [0.29, 0.717) is 29.9 Å². The fourth-order valence-electron chi connectivity index (χ4n) is 3.38. The van der Waals surface area contributed by atoms with Crippen LogP contribution >= 0.6 is 0 Å². The van der Waals surface area contributed by atoms with Gasteiger partial charge in [-0.15, -0.1) is 0 Å². The molecule has 0 aliphatic heterocycles. The minimum atomic E-state index is -0.387. The van der Waals surface area contributed by atoms with Crippen molar-refractivity contribution < 1.29 is 13.6 Å². The molecular weight excluding hydrogens is 396 g/mol. The molecule has 1 aromatic carbocycles. The Hall–Kier alpha value is -3.94. The highest BCUT2D eigenvalue weighted by Crippen LogP contribution is 2.14. The van der Waals surface area contributed by atoms with Crippen LogP contribution < -0.4 is 5.56 Å². The molecule has 0 aliphatic carbocycles. The Morgan fingerprint density at radius 2 is 1.65 bits per heavy atom. The SMILES string of the molecule is Cc1ccn(CCc2ccccc2)c(=O)c1C(=O)N(Cc1cocn1)Cc1cocn1. The molecule has 4 rings (SSSR count). The molecule has 0 atom stereocenters. The van der Waals surface area contributed by atoms with Crippen molar-refractivity contribution in [3.05, 3.63) is 106 Å². The molecule has 158 valence electrons. The van der Waals surface area contributed by atoms with E-state index >= 15 is 0 Å². The van der Waals surface area contributed by atoms with Gasteiger partial charge in [-0.3, -0.25) is 9.59 Å². The molecule has 31 heavy (non-hydrogen) atoms. The second-order valence-electron chi connectivity index (χ2n) is 7.23. The largest absolute Gasteiger partial charge is 0.451 e. The van der Waals surface area contributed by atoms with Crippen LogP contribution in [0.15, 0.2) is 81.5 Å². The van der Waals surface area contributed by atoms with Crippen LogP contribution in [0.1, 0.15) is 32.9 Å². The summed E-state index contributed by atoms with van der Waals surface area (Å²) >= 11 is 0. The summed E-state index contributed by atoms with van der Waals surface area (Å²) in [6.07, 6.45) is 7.98. The first-order chi connectivity index (χ1) is 15.1. The summed E-state index contributed by atoms with van der Waals surface area (Å²) in [5, 5.41) is 0. The quantitative estimate of drug-likeness (QED) is 0.436. The number of carbonyl (C=O) groups is 1. The first kappa shape index (κ1) is 20.3. The van der Waals surface area contributed by atoms with E-state index in [0.717, 1.165) is 5.56 Å². The normalized spacial score (nSPS) is 10.9. The number of nitrogens with zero attached hydrogens (tertiary/aromatic N) is 4. The molecular formula is C23H22N4O4. The molecule has 0 saturated heterocycles. The fraction of sp³-hybridized carbons (Fsp3) is 0.217. The Kier molecular flexibility index (Phi) is 6.07. The number of aromatic nitrogens is 3. The van der Waals surface area contributed by atoms with Crippen LogP contribution in [0.3, 0.4) is 0 Å². The van der Waals surface area contributed by atoms with Gasteiger partial charge in [0.1, 0.15) is 18.1 Å². The lowest BCUT2D eigenvalue weighted by molar-refractivity contribution is 0.0722. The van der Waals surface area contributed by atoms with Gasteiger partial charge in [0.2, 0.25) is 0 Å². The van der Waals surface area contributed by atoms with Crippen molar-refractivity contribution in [2.45, 2.75) is 33.0 Å². The molecule has 3 aromatic heterocycles. The summed E-state index contributed by atoms with van der Waals surface area (Å²) in [5.41, 5.74) is 2.73. The van der Waals surface area contributed by atoms with Crippen molar-refractivity contribution in [2.75, 3.05) is 0 Å². The summed E-state index contributed by atoms with van der Waals surface area (Å²) in [4.78, 5) is 36.4. The zero-order valence-electron chi connectivity index (χ0n) is 17.1. The van der Waals surface area contributed by atoms with Gasteiger partial charge in [0.15, 0.2) is 12.8 Å². The lowest BCUT2D eigenvalue weighted by atomic mass is 10.1. The number of benzene rings is 1. The number of rotatable bonds is 8. The zero-order chi connectivity index (χ0) is 21.6. The van der Waals surface area contributed by atoms with Gasteiger partial charge in [0.05, 0.1) is 24.5 Å². The highest BCUT2D eigenvalue weighted by atomic mass is 16.3. The van der Waals surface area contributed by atoms with Gasteiger partial charge in [-0.25, -0.2) is 9.97 Å². The molecule has 0 radical (unpaired) electrons. The Morgan fingerprint density at radius 1 is 1.00 bits per heavy atom. The van der Waals surface area contributed by atoms with Crippen LogP contribution in [0.4, 0.5) is 0 Å². The van der Waals surface area contributed by atoms with E-state index in [1.165, 1.54) is 30.2 Å². The summed E-state index contributed by atoms with van der Waals surface area (Å²) in [5.74, 6) is -0.387. The van der Waals surface area contributed by atoms with E-state index in [-0.39, 0.29) is 30.1 Å². The van der Waals surface area contributed by atoms with E-state index in [1.807, 2.05) is 30.3 Å². The second-order valence-corrected chi connectivity index (χ2v) is 7.23. The third kappa shape index (κ3) is 4.80. The molecule has 8 heteroatoms. The second kappa shape index (κ2) is 9.25. The van der Waals surface area contributed by atoms with E-state index in [1.54, 1.807) is 23.8 Å². The van der Waals surface area contributed by atoms with Crippen LogP contribution in [0, 0.1) is 6.92 Å². The first-order valence-corrected chi connectivity index (χ1v) is 9.89. The predicted octanol–water partition coefficient (Wildman–Crippen LogP) is 3.22. The molecule has 0 saturated carbocycles. The van der Waals surface area contributed by atoms with Gasteiger partial charge in [-0.2, -0.15) is 0 Å². The Morgan fingerprint density at radius 3 is 2.23 bits per heavy atom. The maximum absolute atomic E-state index is 13.5. The number of hydrogen-bond donors (Lipinski definition) is 0. The number of pyridine rings is 1. The maximum atomic E-state index is 13.5. The summed E-state index contributed by atoms with van der Waals surface area (Å²) in [7, 11) is 0. The molecule has 0 bridgehead atoms. The third-order valence-electron chi connectivity index (χ3n) is 5.03. The van der Waals surface area contributed by atoms with Gasteiger partial charge in [0.25, 0.3) is 11.5 Å². The molecule has 4 aromatic rings. The molecule has 0 unspecified atom stereocenters. The van der Waals surface area contributed by atoms with Crippen molar-refractivity contribution in [2.24, 2.45) is 0 Å². The van der Waals surface area contributed by atoms with Crippen LogP contribution in [-0.2, 0) is 26.1 Å². The number of amides is 1. The van der Waals surface area contributed by atoms with Crippen molar-refractivity contribution in [3.63, 3.8) is 0 Å². The molecule has 8 nitrogen and oxygen atoms in total. The Balaban J connectivity index is 1.61. The van der Waals surface area contributed by atoms with Gasteiger partial charge in [-0.05, 0) is 30.5 Å². The van der Waals surface area contributed by atoms with Gasteiger partial charge in [-0.1, -0.05) is 30.3 Å². The summed E-state index contributed by atoms with van der Waals surface area (Å²) in [6, 6.07) is 11.7. The number of carbonyl (C=O) groups excluding carboxylic acids is 1. The average Bonchev–Trinajstić information content (AvgIpc) is 3.48. The highest BCUT2D eigenvalue weighted by Gasteiger charge is 2.24. The minimum Gasteiger partial charge on any atom is -0.451 e. The molecule has 0 N–H and O–H groups in total. The highest BCUT2D eigenvalue weighted by molar-refractivity contribution is 5.95. The molecule has 0 fully saturated rings. The van der Waals surface area contributed by atoms with E-state index in [9.17, 15) is 9.59 Å². The monoisotopic (exact) mass is 418 g/mol. The lowest BCUT2D eigenvalue weighted by Gasteiger charge is -2.21. The average molecular weight is 418 g/mol. The predicted molar refractivity (Wildman–Crippen MR) is 112 cm³/mol. The maximum Gasteiger partial charge on any atom is 0.263 e. The fourth-order valence-corrected chi connectivity index (χ4v) is 3.38. The standard InChI is InChI=1S/C23H22N4O4/c1-17-7-9-26(10-8-18-5-3-2-4-6-18)22(28)21(17)23(29)27(11-19-13-30-15-24-19)12-20-14-31-16-25-20/h2-7,9,13-16H,8,10-12H2,1H3. The third-order valence-corrected chi connectivity index (χ3v) is 5.03. The summed E-state index contributed by atoms with van der Waals surface area (Å²) < 4.78 is 11.6. The molecule has 0 spiro atoms. The topological polar surface area (TPSA) is 94.4 Å². The van der Waals surface area contributed by atoms with Crippen molar-refractivity contribution in [3.8, 4) is 0 Å². The van der Waals surface area contributed by atoms with Crippen LogP contribution in [0.25, 0.3) is 0 Å². The van der Waals surface area contributed by atoms with Crippen LogP contribution in [-0.4, -0.2) is 25.3 Å². The van der Waals surface area contributed by atoms with E-state index in [4.69, 9.17) is 8.83 Å². The lowest BCUT2D eigenvalue weighted by Crippen LogP contribution is -2.37. The molecule has 1 amide bonds. The molecule has 3 heterocycles. The number of oxazole rings is 2. The Labute approximate surface area is 178 Å². The van der Waals surface area contributed by atoms with Crippen molar-refractivity contribution in [1.29, 1.82) is 0 Å². The molecule has 0 aliphatic rings. The van der Waals surface area contributed by atoms with Gasteiger partial charge < -0.3 is 18.3 Å². The van der Waals surface area contributed by atoms with E-state index < -0.39 is 0 Å². The van der Waals surface area contributed by atoms with E-state index in [2.05, 4.69) is 9.97 Å². The minimum absolute atomic E-state index is 0.141. The smallest absolute Gasteiger partial charge is 0.263 e. The number of aryl methyl sites for hydroxylation is 3.